The molecule has 4 heteroatoms. The van der Waals surface area contributed by atoms with Crippen LogP contribution in [0.15, 0.2) is 6.07 Å². The predicted molar refractivity (Wildman–Crippen MR) is 71.7 cm³/mol. The highest BCUT2D eigenvalue weighted by Gasteiger charge is 2.27. The summed E-state index contributed by atoms with van der Waals surface area (Å²) in [5.74, 6) is 1.29. The van der Waals surface area contributed by atoms with Gasteiger partial charge in [-0.25, -0.2) is 0 Å². The molecule has 1 aromatic rings. The Balaban J connectivity index is 2.56. The highest BCUT2D eigenvalue weighted by Crippen LogP contribution is 2.45. The van der Waals surface area contributed by atoms with Crippen molar-refractivity contribution in [2.75, 3.05) is 13.2 Å². The average Bonchev–Trinajstić information content (AvgIpc) is 2.35. The summed E-state index contributed by atoms with van der Waals surface area (Å²) in [7, 11) is 0. The fraction of sp³-hybridized carbons (Fsp3) is 0.571. The number of fused-ring (bicyclic) bond motifs is 1. The Morgan fingerprint density at radius 3 is 2.72 bits per heavy atom. The predicted octanol–water partition coefficient (Wildman–Crippen LogP) is 3.51. The largest absolute Gasteiger partial charge is 0.490 e. The lowest BCUT2D eigenvalue weighted by Gasteiger charge is -2.26. The molecule has 0 radical (unpaired) electrons. The van der Waals surface area contributed by atoms with E-state index in [1.807, 2.05) is 13.8 Å². The van der Waals surface area contributed by atoms with Gasteiger partial charge in [0.1, 0.15) is 0 Å². The van der Waals surface area contributed by atoms with Crippen LogP contribution in [0.4, 0.5) is 0 Å². The molecule has 0 bridgehead atoms. The molecular weight excluding hydrogens is 252 g/mol. The van der Waals surface area contributed by atoms with Crippen LogP contribution >= 0.6 is 11.6 Å². The van der Waals surface area contributed by atoms with E-state index in [1.54, 1.807) is 6.07 Å². The Hall–Kier alpha value is -0.930. The molecule has 1 unspecified atom stereocenters. The number of hydrogen-bond acceptors (Lipinski definition) is 3. The SMILES string of the molecule is CCOc1cc(Cl)c2c(c1OCC)C(O)CCC2. The Bertz CT molecular complexity index is 432. The zero-order valence-electron chi connectivity index (χ0n) is 10.8. The van der Waals surface area contributed by atoms with Gasteiger partial charge in [0.25, 0.3) is 0 Å². The maximum absolute atomic E-state index is 10.2. The van der Waals surface area contributed by atoms with Crippen molar-refractivity contribution in [3.8, 4) is 11.5 Å². The fourth-order valence-corrected chi connectivity index (χ4v) is 2.74. The molecule has 100 valence electrons. The summed E-state index contributed by atoms with van der Waals surface area (Å²) in [5.41, 5.74) is 1.82. The molecule has 3 nitrogen and oxygen atoms in total. The van der Waals surface area contributed by atoms with Crippen molar-refractivity contribution in [3.63, 3.8) is 0 Å². The van der Waals surface area contributed by atoms with Crippen molar-refractivity contribution in [1.29, 1.82) is 0 Å². The van der Waals surface area contributed by atoms with Gasteiger partial charge in [-0.3, -0.25) is 0 Å². The van der Waals surface area contributed by atoms with Crippen molar-refractivity contribution in [1.82, 2.24) is 0 Å². The van der Waals surface area contributed by atoms with Crippen molar-refractivity contribution in [3.05, 3.63) is 22.2 Å². The van der Waals surface area contributed by atoms with Gasteiger partial charge in [-0.15, -0.1) is 0 Å². The van der Waals surface area contributed by atoms with Gasteiger partial charge in [0, 0.05) is 16.7 Å². The van der Waals surface area contributed by atoms with Gasteiger partial charge in [0.05, 0.1) is 19.3 Å². The standard InChI is InChI=1S/C14H19ClO3/c1-3-17-12-8-10(15)9-6-5-7-11(16)13(9)14(12)18-4-2/h8,11,16H,3-7H2,1-2H3. The highest BCUT2D eigenvalue weighted by atomic mass is 35.5. The first kappa shape index (κ1) is 13.5. The Labute approximate surface area is 113 Å². The van der Waals surface area contributed by atoms with E-state index in [0.717, 1.165) is 30.4 Å². The number of hydrogen-bond donors (Lipinski definition) is 1. The lowest BCUT2D eigenvalue weighted by Crippen LogP contribution is -2.13. The molecule has 0 amide bonds. The maximum Gasteiger partial charge on any atom is 0.167 e. The second-order valence-corrected chi connectivity index (χ2v) is 4.76. The zero-order valence-corrected chi connectivity index (χ0v) is 11.6. The summed E-state index contributed by atoms with van der Waals surface area (Å²) in [4.78, 5) is 0. The Kier molecular flexibility index (Phi) is 4.36. The molecule has 1 atom stereocenters. The van der Waals surface area contributed by atoms with E-state index in [1.165, 1.54) is 0 Å². The third-order valence-electron chi connectivity index (χ3n) is 3.17. The van der Waals surface area contributed by atoms with Crippen molar-refractivity contribution in [2.45, 2.75) is 39.2 Å². The summed E-state index contributed by atoms with van der Waals surface area (Å²) in [6.07, 6.45) is 2.08. The van der Waals surface area contributed by atoms with E-state index in [4.69, 9.17) is 21.1 Å². The van der Waals surface area contributed by atoms with Crippen molar-refractivity contribution < 1.29 is 14.6 Å². The quantitative estimate of drug-likeness (QED) is 0.910. The molecule has 0 spiro atoms. The molecule has 0 fully saturated rings. The van der Waals surface area contributed by atoms with E-state index in [0.29, 0.717) is 29.7 Å². The monoisotopic (exact) mass is 270 g/mol. The lowest BCUT2D eigenvalue weighted by atomic mass is 9.88. The van der Waals surface area contributed by atoms with Gasteiger partial charge >= 0.3 is 0 Å². The van der Waals surface area contributed by atoms with Crippen molar-refractivity contribution >= 4 is 11.6 Å². The maximum atomic E-state index is 10.2. The van der Waals surface area contributed by atoms with E-state index in [-0.39, 0.29) is 0 Å². The van der Waals surface area contributed by atoms with Crippen LogP contribution in [0, 0.1) is 0 Å². The minimum atomic E-state index is -0.506. The van der Waals surface area contributed by atoms with Gasteiger partial charge in [0.15, 0.2) is 11.5 Å². The molecule has 1 aliphatic carbocycles. The van der Waals surface area contributed by atoms with E-state index < -0.39 is 6.10 Å². The number of rotatable bonds is 4. The molecular formula is C14H19ClO3. The molecule has 0 heterocycles. The molecule has 0 aromatic heterocycles. The van der Waals surface area contributed by atoms with Crippen LogP contribution in [-0.2, 0) is 6.42 Å². The van der Waals surface area contributed by atoms with Crippen LogP contribution in [0.5, 0.6) is 11.5 Å². The average molecular weight is 271 g/mol. The first-order chi connectivity index (χ1) is 8.69. The normalized spacial score (nSPS) is 18.3. The summed E-state index contributed by atoms with van der Waals surface area (Å²) in [6.45, 7) is 4.93. The number of ether oxygens (including phenoxy) is 2. The third-order valence-corrected chi connectivity index (χ3v) is 3.50. The van der Waals surface area contributed by atoms with Crippen LogP contribution in [0.25, 0.3) is 0 Å². The van der Waals surface area contributed by atoms with Crippen LogP contribution in [0.1, 0.15) is 43.9 Å². The van der Waals surface area contributed by atoms with Gasteiger partial charge in [0.2, 0.25) is 0 Å². The number of benzene rings is 1. The topological polar surface area (TPSA) is 38.7 Å². The molecule has 1 N–H and O–H groups in total. The second kappa shape index (κ2) is 5.81. The highest BCUT2D eigenvalue weighted by molar-refractivity contribution is 6.31. The lowest BCUT2D eigenvalue weighted by molar-refractivity contribution is 0.149. The molecule has 0 aliphatic heterocycles. The summed E-state index contributed by atoms with van der Waals surface area (Å²) < 4.78 is 11.2. The summed E-state index contributed by atoms with van der Waals surface area (Å²) in [6, 6.07) is 1.80. The van der Waals surface area contributed by atoms with Crippen LogP contribution in [-0.4, -0.2) is 18.3 Å². The number of halogens is 1. The number of aliphatic hydroxyl groups excluding tert-OH is 1. The molecule has 1 aliphatic rings. The first-order valence-electron chi connectivity index (χ1n) is 6.47. The third kappa shape index (κ3) is 2.43. The molecule has 18 heavy (non-hydrogen) atoms. The van der Waals surface area contributed by atoms with E-state index in [2.05, 4.69) is 0 Å². The molecule has 0 saturated heterocycles. The Morgan fingerprint density at radius 2 is 2.06 bits per heavy atom. The van der Waals surface area contributed by atoms with Crippen molar-refractivity contribution in [2.24, 2.45) is 0 Å². The van der Waals surface area contributed by atoms with Gasteiger partial charge in [-0.05, 0) is 38.7 Å². The smallest absolute Gasteiger partial charge is 0.167 e. The van der Waals surface area contributed by atoms with Gasteiger partial charge < -0.3 is 14.6 Å². The molecule has 0 saturated carbocycles. The Morgan fingerprint density at radius 1 is 1.33 bits per heavy atom. The minimum Gasteiger partial charge on any atom is -0.490 e. The minimum absolute atomic E-state index is 0.506. The van der Waals surface area contributed by atoms with Gasteiger partial charge in [-0.1, -0.05) is 11.6 Å². The first-order valence-corrected chi connectivity index (χ1v) is 6.85. The molecule has 1 aromatic carbocycles. The fourth-order valence-electron chi connectivity index (χ4n) is 2.45. The van der Waals surface area contributed by atoms with Crippen LogP contribution in [0.3, 0.4) is 0 Å². The van der Waals surface area contributed by atoms with E-state index in [9.17, 15) is 5.11 Å². The van der Waals surface area contributed by atoms with Crippen LogP contribution < -0.4 is 9.47 Å². The molecule has 2 rings (SSSR count). The van der Waals surface area contributed by atoms with Gasteiger partial charge in [-0.2, -0.15) is 0 Å². The summed E-state index contributed by atoms with van der Waals surface area (Å²) in [5, 5.41) is 10.9. The second-order valence-electron chi connectivity index (χ2n) is 4.35. The van der Waals surface area contributed by atoms with E-state index >= 15 is 0 Å². The summed E-state index contributed by atoms with van der Waals surface area (Å²) >= 11 is 6.27. The zero-order chi connectivity index (χ0) is 13.1. The number of aliphatic hydroxyl groups is 1. The van der Waals surface area contributed by atoms with Crippen LogP contribution in [0.2, 0.25) is 5.02 Å².